The summed E-state index contributed by atoms with van der Waals surface area (Å²) in [6.07, 6.45) is 0. The maximum Gasteiger partial charge on any atom is 0.248 e. The predicted octanol–water partition coefficient (Wildman–Crippen LogP) is 4.12. The van der Waals surface area contributed by atoms with Gasteiger partial charge in [-0.1, -0.05) is 66.7 Å². The molecule has 3 rings (SSSR count). The summed E-state index contributed by atoms with van der Waals surface area (Å²) in [5, 5.41) is 0. The molecule has 0 bridgehead atoms. The van der Waals surface area contributed by atoms with Crippen LogP contribution in [0.5, 0.6) is 0 Å². The van der Waals surface area contributed by atoms with E-state index < -0.39 is 5.91 Å². The number of rotatable bonds is 3. The van der Waals surface area contributed by atoms with Crippen molar-refractivity contribution in [2.45, 2.75) is 0 Å². The summed E-state index contributed by atoms with van der Waals surface area (Å²) in [7, 11) is 0. The fourth-order valence-electron chi connectivity index (χ4n) is 2.42. The molecule has 0 radical (unpaired) electrons. The van der Waals surface area contributed by atoms with E-state index >= 15 is 0 Å². The molecule has 0 aliphatic carbocycles. The van der Waals surface area contributed by atoms with Crippen LogP contribution in [0.3, 0.4) is 0 Å². The number of carbonyl (C=O) groups is 1. The van der Waals surface area contributed by atoms with Crippen LogP contribution in [0.4, 0.5) is 0 Å². The second-order valence-corrected chi connectivity index (χ2v) is 4.86. The molecule has 3 aromatic rings. The number of benzene rings is 3. The monoisotopic (exact) mass is 273 g/mol. The SMILES string of the molecule is NC(=O)c1ccc(-c2ccccc2)c(-c2ccccc2)c1. The van der Waals surface area contributed by atoms with Crippen molar-refractivity contribution in [3.05, 3.63) is 84.4 Å². The summed E-state index contributed by atoms with van der Waals surface area (Å²) in [4.78, 5) is 11.5. The minimum atomic E-state index is -0.410. The van der Waals surface area contributed by atoms with Crippen molar-refractivity contribution in [3.8, 4) is 22.3 Å². The lowest BCUT2D eigenvalue weighted by molar-refractivity contribution is 0.100. The Labute approximate surface area is 123 Å². The quantitative estimate of drug-likeness (QED) is 0.766. The minimum absolute atomic E-state index is 0.410. The summed E-state index contributed by atoms with van der Waals surface area (Å²) in [5.74, 6) is -0.410. The summed E-state index contributed by atoms with van der Waals surface area (Å²) in [5.41, 5.74) is 10.2. The molecule has 2 N–H and O–H groups in total. The third-order valence-electron chi connectivity index (χ3n) is 3.47. The zero-order valence-electron chi connectivity index (χ0n) is 11.5. The molecule has 0 heterocycles. The molecule has 0 saturated carbocycles. The van der Waals surface area contributed by atoms with Crippen LogP contribution in [0.25, 0.3) is 22.3 Å². The molecule has 1 amide bonds. The van der Waals surface area contributed by atoms with Crippen LogP contribution in [-0.2, 0) is 0 Å². The lowest BCUT2D eigenvalue weighted by Gasteiger charge is -2.11. The van der Waals surface area contributed by atoms with E-state index in [1.54, 1.807) is 6.07 Å². The van der Waals surface area contributed by atoms with Crippen LogP contribution in [0, 0.1) is 0 Å². The van der Waals surface area contributed by atoms with Gasteiger partial charge in [0, 0.05) is 5.56 Å². The number of nitrogens with two attached hydrogens (primary N) is 1. The highest BCUT2D eigenvalue weighted by Gasteiger charge is 2.10. The second kappa shape index (κ2) is 5.63. The van der Waals surface area contributed by atoms with Crippen molar-refractivity contribution in [1.82, 2.24) is 0 Å². The number of hydrogen-bond acceptors (Lipinski definition) is 1. The third-order valence-corrected chi connectivity index (χ3v) is 3.47. The van der Waals surface area contributed by atoms with Gasteiger partial charge in [0.25, 0.3) is 0 Å². The Hall–Kier alpha value is -2.87. The van der Waals surface area contributed by atoms with Gasteiger partial charge in [-0.25, -0.2) is 0 Å². The van der Waals surface area contributed by atoms with Crippen molar-refractivity contribution >= 4 is 5.91 Å². The Morgan fingerprint density at radius 2 is 1.19 bits per heavy atom. The molecule has 0 spiro atoms. The van der Waals surface area contributed by atoms with Gasteiger partial charge >= 0.3 is 0 Å². The van der Waals surface area contributed by atoms with Crippen molar-refractivity contribution < 1.29 is 4.79 Å². The summed E-state index contributed by atoms with van der Waals surface area (Å²) in [6.45, 7) is 0. The minimum Gasteiger partial charge on any atom is -0.366 e. The van der Waals surface area contributed by atoms with E-state index in [1.807, 2.05) is 60.7 Å². The molecule has 0 saturated heterocycles. The van der Waals surface area contributed by atoms with E-state index in [4.69, 9.17) is 5.73 Å². The smallest absolute Gasteiger partial charge is 0.248 e. The van der Waals surface area contributed by atoms with E-state index in [0.29, 0.717) is 5.56 Å². The van der Waals surface area contributed by atoms with Crippen LogP contribution in [0.2, 0.25) is 0 Å². The molecular weight excluding hydrogens is 258 g/mol. The van der Waals surface area contributed by atoms with Crippen LogP contribution >= 0.6 is 0 Å². The number of amides is 1. The van der Waals surface area contributed by atoms with Crippen molar-refractivity contribution in [2.24, 2.45) is 5.73 Å². The first-order valence-electron chi connectivity index (χ1n) is 6.80. The summed E-state index contributed by atoms with van der Waals surface area (Å²) < 4.78 is 0. The van der Waals surface area contributed by atoms with Gasteiger partial charge in [-0.05, 0) is 34.4 Å². The molecule has 102 valence electrons. The standard InChI is InChI=1S/C19H15NO/c20-19(21)16-11-12-17(14-7-3-1-4-8-14)18(13-16)15-9-5-2-6-10-15/h1-13H,(H2,20,21). The topological polar surface area (TPSA) is 43.1 Å². The maximum atomic E-state index is 11.5. The van der Waals surface area contributed by atoms with Crippen LogP contribution in [0.1, 0.15) is 10.4 Å². The van der Waals surface area contributed by atoms with Gasteiger partial charge in [0.15, 0.2) is 0 Å². The first kappa shape index (κ1) is 13.1. The van der Waals surface area contributed by atoms with Crippen molar-refractivity contribution in [3.63, 3.8) is 0 Å². The predicted molar refractivity (Wildman–Crippen MR) is 85.8 cm³/mol. The fraction of sp³-hybridized carbons (Fsp3) is 0. The Kier molecular flexibility index (Phi) is 3.52. The third kappa shape index (κ3) is 2.70. The summed E-state index contributed by atoms with van der Waals surface area (Å²) in [6, 6.07) is 25.7. The molecule has 0 unspecified atom stereocenters. The normalized spacial score (nSPS) is 10.3. The average Bonchev–Trinajstić information content (AvgIpc) is 2.56. The Morgan fingerprint density at radius 1 is 0.667 bits per heavy atom. The average molecular weight is 273 g/mol. The number of primary amides is 1. The number of hydrogen-bond donors (Lipinski definition) is 1. The van der Waals surface area contributed by atoms with E-state index in [9.17, 15) is 4.79 Å². The molecule has 0 fully saturated rings. The van der Waals surface area contributed by atoms with E-state index in [-0.39, 0.29) is 0 Å². The molecule has 0 atom stereocenters. The van der Waals surface area contributed by atoms with Crippen molar-refractivity contribution in [2.75, 3.05) is 0 Å². The van der Waals surface area contributed by atoms with E-state index in [2.05, 4.69) is 12.1 Å². The Morgan fingerprint density at radius 3 is 1.71 bits per heavy atom. The highest BCUT2D eigenvalue weighted by atomic mass is 16.1. The highest BCUT2D eigenvalue weighted by molar-refractivity contribution is 5.96. The molecule has 0 aromatic heterocycles. The van der Waals surface area contributed by atoms with Gasteiger partial charge in [-0.15, -0.1) is 0 Å². The lowest BCUT2D eigenvalue weighted by Crippen LogP contribution is -2.10. The van der Waals surface area contributed by atoms with E-state index in [0.717, 1.165) is 22.3 Å². The maximum absolute atomic E-state index is 11.5. The van der Waals surface area contributed by atoms with E-state index in [1.165, 1.54) is 0 Å². The van der Waals surface area contributed by atoms with Gasteiger partial charge in [0.1, 0.15) is 0 Å². The molecule has 2 heteroatoms. The van der Waals surface area contributed by atoms with Crippen LogP contribution < -0.4 is 5.73 Å². The molecule has 0 aliphatic heterocycles. The largest absolute Gasteiger partial charge is 0.366 e. The van der Waals surface area contributed by atoms with Gasteiger partial charge in [0.05, 0.1) is 0 Å². The molecule has 2 nitrogen and oxygen atoms in total. The summed E-state index contributed by atoms with van der Waals surface area (Å²) >= 11 is 0. The van der Waals surface area contributed by atoms with Gasteiger partial charge < -0.3 is 5.73 Å². The molecule has 0 aliphatic rings. The van der Waals surface area contributed by atoms with Crippen LogP contribution in [0.15, 0.2) is 78.9 Å². The van der Waals surface area contributed by atoms with Gasteiger partial charge in [-0.2, -0.15) is 0 Å². The van der Waals surface area contributed by atoms with Crippen molar-refractivity contribution in [1.29, 1.82) is 0 Å². The zero-order chi connectivity index (χ0) is 14.7. The second-order valence-electron chi connectivity index (χ2n) is 4.86. The molecule has 3 aromatic carbocycles. The highest BCUT2D eigenvalue weighted by Crippen LogP contribution is 2.32. The number of carbonyl (C=O) groups excluding carboxylic acids is 1. The van der Waals surface area contributed by atoms with Gasteiger partial charge in [0.2, 0.25) is 5.91 Å². The Balaban J connectivity index is 2.23. The first-order valence-corrected chi connectivity index (χ1v) is 6.80. The first-order chi connectivity index (χ1) is 10.3. The fourth-order valence-corrected chi connectivity index (χ4v) is 2.42. The Bertz CT molecular complexity index is 764. The van der Waals surface area contributed by atoms with Gasteiger partial charge in [-0.3, -0.25) is 4.79 Å². The van der Waals surface area contributed by atoms with Crippen LogP contribution in [-0.4, -0.2) is 5.91 Å². The molecular formula is C19H15NO. The zero-order valence-corrected chi connectivity index (χ0v) is 11.5. The molecule has 21 heavy (non-hydrogen) atoms. The lowest BCUT2D eigenvalue weighted by atomic mass is 9.93.